The molecule has 4 atom stereocenters. The van der Waals surface area contributed by atoms with Crippen LogP contribution in [0.4, 0.5) is 24.5 Å². The molecule has 2 unspecified atom stereocenters. The minimum absolute atomic E-state index is 0.0589. The van der Waals surface area contributed by atoms with Gasteiger partial charge in [0.25, 0.3) is 17.7 Å². The number of aliphatic hydroxyl groups excluding tert-OH is 1. The van der Waals surface area contributed by atoms with Crippen molar-refractivity contribution in [2.24, 2.45) is 11.8 Å². The number of pyridine rings is 1. The molecular weight excluding hydrogens is 828 g/mol. The number of carbonyl (C=O) groups excluding carboxylic acids is 5. The molecule has 1 aliphatic carbocycles. The van der Waals surface area contributed by atoms with Gasteiger partial charge in [0.15, 0.2) is 0 Å². The van der Waals surface area contributed by atoms with E-state index in [0.29, 0.717) is 46.3 Å². The van der Waals surface area contributed by atoms with E-state index < -0.39 is 64.8 Å². The summed E-state index contributed by atoms with van der Waals surface area (Å²) < 4.78 is 40.5. The maximum atomic E-state index is 13.4. The first-order valence-electron chi connectivity index (χ1n) is 21.0. The molecule has 5 N–H and O–H groups in total. The summed E-state index contributed by atoms with van der Waals surface area (Å²) >= 11 is 1.38. The van der Waals surface area contributed by atoms with Gasteiger partial charge >= 0.3 is 6.18 Å². The highest BCUT2D eigenvalue weighted by molar-refractivity contribution is 7.18. The number of aromatic nitrogens is 2. The Morgan fingerprint density at radius 2 is 1.69 bits per heavy atom. The van der Waals surface area contributed by atoms with Crippen LogP contribution >= 0.6 is 11.3 Å². The number of rotatable bonds is 11. The van der Waals surface area contributed by atoms with Crippen molar-refractivity contribution in [3.8, 4) is 0 Å². The number of nitrogens with one attached hydrogen (secondary N) is 3. The summed E-state index contributed by atoms with van der Waals surface area (Å²) in [5.41, 5.74) is -0.844. The highest BCUT2D eigenvalue weighted by Crippen LogP contribution is 2.42. The second-order valence-electron chi connectivity index (χ2n) is 17.3. The molecule has 3 aliphatic heterocycles. The molecule has 62 heavy (non-hydrogen) atoms. The summed E-state index contributed by atoms with van der Waals surface area (Å²) in [6.45, 7) is 6.42. The number of nitrogens with zero attached hydrogens (tertiary/aromatic N) is 4. The fourth-order valence-corrected chi connectivity index (χ4v) is 10.4. The molecule has 328 valence electrons. The Kier molecular flexibility index (Phi) is 12.0. The minimum atomic E-state index is -4.72. The smallest absolute Gasteiger partial charge is 0.392 e. The van der Waals surface area contributed by atoms with Gasteiger partial charge in [0.1, 0.15) is 17.4 Å². The number of hydrogen-bond acceptors (Lipinski definition) is 12. The van der Waals surface area contributed by atoms with E-state index in [2.05, 4.69) is 25.8 Å². The van der Waals surface area contributed by atoms with E-state index in [0.717, 1.165) is 73.8 Å². The van der Waals surface area contributed by atoms with Crippen LogP contribution in [0, 0.1) is 11.8 Å². The van der Waals surface area contributed by atoms with Crippen molar-refractivity contribution in [2.75, 3.05) is 36.8 Å². The van der Waals surface area contributed by atoms with Gasteiger partial charge in [0, 0.05) is 42.4 Å². The van der Waals surface area contributed by atoms with Crippen molar-refractivity contribution in [3.05, 3.63) is 81.6 Å². The molecule has 5 amide bonds. The molecule has 0 radical (unpaired) electrons. The summed E-state index contributed by atoms with van der Waals surface area (Å²) in [5.74, 6) is -2.40. The summed E-state index contributed by atoms with van der Waals surface area (Å²) in [4.78, 5) is 75.6. The van der Waals surface area contributed by atoms with Gasteiger partial charge in [-0.3, -0.25) is 34.2 Å². The Balaban J connectivity index is 0.827. The number of aliphatic hydroxyl groups is 2. The number of thiazole rings is 1. The van der Waals surface area contributed by atoms with E-state index in [1.807, 2.05) is 0 Å². The number of piperidine rings is 2. The van der Waals surface area contributed by atoms with E-state index in [1.54, 1.807) is 30.3 Å². The molecule has 3 fully saturated rings. The fraction of sp³-hybridized carbons (Fsp3) is 0.477. The van der Waals surface area contributed by atoms with Crippen LogP contribution in [0.1, 0.15) is 119 Å². The number of fused-ring (bicyclic) bond motifs is 2. The number of halogens is 3. The second-order valence-corrected chi connectivity index (χ2v) is 18.4. The molecule has 0 spiro atoms. The molecule has 2 aromatic carbocycles. The topological polar surface area (TPSA) is 194 Å². The lowest BCUT2D eigenvalue weighted by Crippen LogP contribution is -2.54. The number of anilines is 2. The molecule has 2 aromatic heterocycles. The molecule has 1 saturated carbocycles. The van der Waals surface area contributed by atoms with Gasteiger partial charge in [-0.05, 0) is 120 Å². The zero-order valence-corrected chi connectivity index (χ0v) is 35.1. The maximum absolute atomic E-state index is 13.4. The largest absolute Gasteiger partial charge is 0.433 e. The van der Waals surface area contributed by atoms with Gasteiger partial charge in [-0.2, -0.15) is 13.2 Å². The number of carbonyl (C=O) groups is 5. The van der Waals surface area contributed by atoms with Crippen molar-refractivity contribution in [2.45, 2.75) is 95.1 Å². The highest BCUT2D eigenvalue weighted by Gasteiger charge is 2.46. The van der Waals surface area contributed by atoms with Gasteiger partial charge in [0.05, 0.1) is 38.1 Å². The Bertz CT molecular complexity index is 2430. The molecule has 2 saturated heterocycles. The van der Waals surface area contributed by atoms with Gasteiger partial charge < -0.3 is 25.7 Å². The third kappa shape index (κ3) is 8.96. The summed E-state index contributed by atoms with van der Waals surface area (Å²) in [6, 6.07) is 10.5. The number of alkyl halides is 3. The normalized spacial score (nSPS) is 22.9. The van der Waals surface area contributed by atoms with Crippen LogP contribution in [-0.2, 0) is 21.4 Å². The Morgan fingerprint density at radius 1 is 0.935 bits per heavy atom. The third-order valence-corrected chi connectivity index (χ3v) is 13.7. The molecular formula is C44H48F3N7O7S. The molecule has 8 rings (SSSR count). The van der Waals surface area contributed by atoms with Crippen LogP contribution < -0.4 is 16.0 Å². The number of hydrogen-bond donors (Lipinski definition) is 5. The van der Waals surface area contributed by atoms with Crippen LogP contribution in [-0.4, -0.2) is 97.8 Å². The Hall–Kier alpha value is -5.30. The zero-order chi connectivity index (χ0) is 44.1. The van der Waals surface area contributed by atoms with Gasteiger partial charge in [0.2, 0.25) is 11.8 Å². The van der Waals surface area contributed by atoms with E-state index >= 15 is 0 Å². The van der Waals surface area contributed by atoms with Crippen LogP contribution in [0.3, 0.4) is 0 Å². The van der Waals surface area contributed by atoms with Crippen molar-refractivity contribution < 1.29 is 47.4 Å². The van der Waals surface area contributed by atoms with Crippen molar-refractivity contribution in [1.82, 2.24) is 25.1 Å². The van der Waals surface area contributed by atoms with E-state index in [1.165, 1.54) is 31.3 Å². The monoisotopic (exact) mass is 875 g/mol. The average Bonchev–Trinajstić information content (AvgIpc) is 3.75. The standard InChI is InChI=1S/C44H48F3N7O7S/c1-43(2,61)27-20-31-34(21-30(27)50-38(57)29-7-4-8-35(49-29)44(45,46)47)62-40(51-31)25-10-9-24(19-33(25)55)22-53-17-14-23(15-18-53)13-16-48-28-6-3-5-26-37(28)42(60)54(41(26)59)32-11-12-36(56)52-39(32)58/h3-8,20-21,23-25,32-33,48,55,61H,9-19,22H2,1-2H3,(H,50,57)(H,52,56,58)/t24-,25-,32?,33?/m0/s1. The van der Waals surface area contributed by atoms with Crippen LogP contribution in [0.2, 0.25) is 0 Å². The van der Waals surface area contributed by atoms with E-state index in [4.69, 9.17) is 4.98 Å². The van der Waals surface area contributed by atoms with E-state index in [9.17, 15) is 47.4 Å². The molecule has 5 heterocycles. The van der Waals surface area contributed by atoms with E-state index in [-0.39, 0.29) is 35.6 Å². The first-order valence-corrected chi connectivity index (χ1v) is 21.8. The predicted molar refractivity (Wildman–Crippen MR) is 224 cm³/mol. The Labute approximate surface area is 359 Å². The lowest BCUT2D eigenvalue weighted by Gasteiger charge is -2.38. The van der Waals surface area contributed by atoms with Gasteiger partial charge in [-0.1, -0.05) is 12.1 Å². The quantitative estimate of drug-likeness (QED) is 0.110. The van der Waals surface area contributed by atoms with Crippen molar-refractivity contribution in [1.29, 1.82) is 0 Å². The van der Waals surface area contributed by atoms with Crippen LogP contribution in [0.5, 0.6) is 0 Å². The highest BCUT2D eigenvalue weighted by atomic mass is 32.1. The molecule has 4 aliphatic rings. The zero-order valence-electron chi connectivity index (χ0n) is 34.3. The van der Waals surface area contributed by atoms with Gasteiger partial charge in [-0.25, -0.2) is 9.97 Å². The Morgan fingerprint density at radius 3 is 2.40 bits per heavy atom. The molecule has 14 nitrogen and oxygen atoms in total. The minimum Gasteiger partial charge on any atom is -0.392 e. The maximum Gasteiger partial charge on any atom is 0.433 e. The van der Waals surface area contributed by atoms with Crippen molar-refractivity contribution in [3.63, 3.8) is 0 Å². The summed E-state index contributed by atoms with van der Waals surface area (Å²) in [7, 11) is 0. The first-order chi connectivity index (χ1) is 29.4. The summed E-state index contributed by atoms with van der Waals surface area (Å²) in [6.07, 6.45) is -0.0271. The average molecular weight is 876 g/mol. The fourth-order valence-electron chi connectivity index (χ4n) is 9.25. The van der Waals surface area contributed by atoms with Gasteiger partial charge in [-0.15, -0.1) is 11.3 Å². The van der Waals surface area contributed by atoms with Crippen molar-refractivity contribution >= 4 is 62.5 Å². The predicted octanol–water partition coefficient (Wildman–Crippen LogP) is 6.05. The lowest BCUT2D eigenvalue weighted by molar-refractivity contribution is -0.141. The SMILES string of the molecule is CC(C)(O)c1cc2nc([C@H]3CC[C@H](CN4CCC(CCNc5cccc6c5C(=O)N(C5CCC(=O)NC5=O)C6=O)CC4)CC3O)sc2cc1NC(=O)c1cccc(C(F)(F)F)n1. The number of amides is 5. The molecule has 4 aromatic rings. The lowest BCUT2D eigenvalue weighted by atomic mass is 9.79. The number of benzene rings is 2. The molecule has 0 bridgehead atoms. The van der Waals surface area contributed by atoms with Crippen LogP contribution in [0.15, 0.2) is 48.5 Å². The summed E-state index contributed by atoms with van der Waals surface area (Å²) in [5, 5.41) is 31.4. The first kappa shape index (κ1) is 43.4. The number of likely N-dealkylation sites (tertiary alicyclic amines) is 1. The molecule has 18 heteroatoms. The third-order valence-electron chi connectivity index (χ3n) is 12.5. The van der Waals surface area contributed by atoms with Crippen LogP contribution in [0.25, 0.3) is 10.2 Å². The second kappa shape index (κ2) is 17.1. The number of imide groups is 2.